The van der Waals surface area contributed by atoms with Crippen LogP contribution in [0.4, 0.5) is 0 Å². The van der Waals surface area contributed by atoms with Crippen LogP contribution in [-0.4, -0.2) is 0 Å². The number of hydrogen-bond acceptors (Lipinski definition) is 2. The second-order valence-electron chi connectivity index (χ2n) is 24.2. The quantitative estimate of drug-likeness (QED) is 0.120. The van der Waals surface area contributed by atoms with Crippen molar-refractivity contribution in [3.8, 4) is 0 Å². The van der Waals surface area contributed by atoms with Crippen molar-refractivity contribution in [3.05, 3.63) is 33.4 Å². The van der Waals surface area contributed by atoms with Crippen molar-refractivity contribution >= 4 is 269 Å². The van der Waals surface area contributed by atoms with Crippen LogP contribution in [0.2, 0.25) is 0 Å². The molecule has 4 spiro atoms. The van der Waals surface area contributed by atoms with E-state index in [0.717, 1.165) is 0 Å². The van der Waals surface area contributed by atoms with Gasteiger partial charge in [0.25, 0.3) is 0 Å². The van der Waals surface area contributed by atoms with Crippen LogP contribution in [0.25, 0.3) is 269 Å². The third-order valence-electron chi connectivity index (χ3n) is 24.8. The zero-order chi connectivity index (χ0) is 35.7. The average molecular weight is 751 g/mol. The maximum Gasteiger partial charge on any atom is 0.0980 e. The molecule has 8 aliphatic rings. The van der Waals surface area contributed by atoms with Gasteiger partial charge in [0.2, 0.25) is 0 Å². The minimum Gasteiger partial charge on any atom is -0.288 e. The zero-order valence-corrected chi connectivity index (χ0v) is 31.0. The molecule has 0 amide bonds. The molecular weight excluding hydrogens is 749 g/mol. The lowest BCUT2D eigenvalue weighted by Crippen LogP contribution is -2.43. The van der Waals surface area contributed by atoms with Crippen molar-refractivity contribution in [2.75, 3.05) is 0 Å². The van der Waals surface area contributed by atoms with Crippen molar-refractivity contribution in [1.29, 1.82) is 0 Å². The molecule has 2 nitrogen and oxygen atoms in total. The highest BCUT2D eigenvalue weighted by atomic mass is 15.5. The number of hydrogen-bond donors (Lipinski definition) is 2. The molecular formula is C60H2N2. The molecule has 34 rings (SSSR count). The van der Waals surface area contributed by atoms with E-state index < -0.39 is 0 Å². The number of benzene rings is 17. The Morgan fingerprint density at radius 3 is 0.484 bits per heavy atom. The first kappa shape index (κ1) is 20.9. The Morgan fingerprint density at radius 2 is 0.274 bits per heavy atom. The van der Waals surface area contributed by atoms with Gasteiger partial charge in [0.15, 0.2) is 0 Å². The Labute approximate surface area is 333 Å². The predicted octanol–water partition coefficient (Wildman–Crippen LogP) is 14.2. The molecule has 4 atom stereocenters. The Kier molecular flexibility index (Phi) is 1.44. The first-order valence-electron chi connectivity index (χ1n) is 23.5. The molecule has 6 aliphatic carbocycles. The molecule has 2 heterocycles. The van der Waals surface area contributed by atoms with Gasteiger partial charge in [-0.2, -0.15) is 0 Å². The topological polar surface area (TPSA) is 43.9 Å². The van der Waals surface area contributed by atoms with E-state index in [1.807, 2.05) is 0 Å². The van der Waals surface area contributed by atoms with Gasteiger partial charge in [-0.05, 0) is 303 Å². The average Bonchev–Trinajstić information content (AvgIpc) is 3.95. The molecule has 4 unspecified atom stereocenters. The molecule has 26 aromatic rings. The van der Waals surface area contributed by atoms with Gasteiger partial charge >= 0.3 is 0 Å². The summed E-state index contributed by atoms with van der Waals surface area (Å²) < 4.78 is 0. The highest BCUT2D eigenvalue weighted by Crippen LogP contribution is 2.95. The monoisotopic (exact) mass is 750 g/mol. The molecule has 2 heteroatoms. The van der Waals surface area contributed by atoms with Crippen LogP contribution in [0, 0.1) is 0 Å². The smallest absolute Gasteiger partial charge is 0.0980 e. The largest absolute Gasteiger partial charge is 0.288 e. The Hall–Kier alpha value is -7.36. The second-order valence-corrected chi connectivity index (χ2v) is 24.2. The van der Waals surface area contributed by atoms with Gasteiger partial charge in [-0.25, -0.2) is 0 Å². The molecule has 2 aliphatic heterocycles. The minimum absolute atomic E-state index is 0.184. The molecule has 0 radical (unpaired) electrons. The van der Waals surface area contributed by atoms with Gasteiger partial charge in [-0.1, -0.05) is 0 Å². The van der Waals surface area contributed by atoms with Gasteiger partial charge in [0.05, 0.1) is 22.2 Å². The van der Waals surface area contributed by atoms with Crippen LogP contribution in [0.1, 0.15) is 33.4 Å². The van der Waals surface area contributed by atoms with Crippen LogP contribution in [0.3, 0.4) is 0 Å². The third kappa shape index (κ3) is 0.934. The molecule has 0 bridgehead atoms. The van der Waals surface area contributed by atoms with Crippen LogP contribution in [-0.2, 0) is 22.2 Å². The molecule has 252 valence electrons. The first-order chi connectivity index (χ1) is 30.9. The molecule has 2 saturated heterocycles. The predicted molar refractivity (Wildman–Crippen MR) is 255 cm³/mol. The zero-order valence-electron chi connectivity index (χ0n) is 31.0. The maximum absolute atomic E-state index is 4.86. The summed E-state index contributed by atoms with van der Waals surface area (Å²) in [7, 11) is 0. The maximum atomic E-state index is 4.86. The summed E-state index contributed by atoms with van der Waals surface area (Å²) >= 11 is 0. The Bertz CT molecular complexity index is 6650. The van der Waals surface area contributed by atoms with Crippen LogP contribution in [0.5, 0.6) is 0 Å². The lowest BCUT2D eigenvalue weighted by molar-refractivity contribution is 0.415. The van der Waals surface area contributed by atoms with Crippen LogP contribution >= 0.6 is 0 Å². The van der Waals surface area contributed by atoms with Crippen LogP contribution < -0.4 is 10.6 Å². The van der Waals surface area contributed by atoms with Gasteiger partial charge in [0, 0.05) is 0 Å². The molecule has 2 N–H and O–H groups in total. The lowest BCUT2D eigenvalue weighted by Gasteiger charge is -2.38. The molecule has 0 aromatic heterocycles. The SMILES string of the molecule is N1C23c4c5c6c7c8c9c%10c%11c%12c(c%13c%14c2c2c4c4c6c6c%15c7c7c9c9c%10c%10c%12c%12c%13c%13c%14c%14c2c2c4c6c4c6c2c%14c2c%13c%13c%12c%10c%10c9c9c7c%15c4c4c9c%10c%13c2c64)C13C%111NC581. The lowest BCUT2D eigenvalue weighted by atomic mass is 9.58. The summed E-state index contributed by atoms with van der Waals surface area (Å²) in [6.45, 7) is 0. The van der Waals surface area contributed by atoms with E-state index in [0.29, 0.717) is 0 Å². The van der Waals surface area contributed by atoms with Crippen LogP contribution in [0.15, 0.2) is 0 Å². The van der Waals surface area contributed by atoms with E-state index in [-0.39, 0.29) is 22.2 Å². The number of nitrogens with one attached hydrogen (secondary N) is 2. The highest BCUT2D eigenvalue weighted by molar-refractivity contribution is 6.80. The summed E-state index contributed by atoms with van der Waals surface area (Å²) in [4.78, 5) is 0. The van der Waals surface area contributed by atoms with Crippen molar-refractivity contribution in [1.82, 2.24) is 10.6 Å². The van der Waals surface area contributed by atoms with Crippen molar-refractivity contribution in [3.63, 3.8) is 0 Å². The van der Waals surface area contributed by atoms with Gasteiger partial charge in [-0.3, -0.25) is 10.6 Å². The Balaban J connectivity index is 1.29. The van der Waals surface area contributed by atoms with E-state index in [1.54, 1.807) is 303 Å². The van der Waals surface area contributed by atoms with Gasteiger partial charge in [-0.15, -0.1) is 0 Å². The fourth-order valence-electron chi connectivity index (χ4n) is 25.1. The standard InChI is InChI=1S/C60H2N2/c61-57-51-42-35-27-18-10-3-1-2-4-6-5(3)12-16(10)29(35)37-31-20(12)21-13(6)17-11(4)19-15-8(2)9-7(1)14(18)23-25-22(9)26-24(15)34-28(19)36-30(17)38-32(21)41(31)50-53(46(37)42)59(57,61)60-54(50)47(38)43(36)52-45(34)49-40(26)39(25)48(44(51)33(23)27)55(57)56(49)58(52,60)62-60/h61-62H. The van der Waals surface area contributed by atoms with Crippen molar-refractivity contribution in [2.24, 2.45) is 0 Å². The molecule has 0 saturated carbocycles. The number of rotatable bonds is 0. The van der Waals surface area contributed by atoms with Crippen molar-refractivity contribution < 1.29 is 0 Å². The first-order valence-corrected chi connectivity index (χ1v) is 23.5. The molecule has 62 heavy (non-hydrogen) atoms. The van der Waals surface area contributed by atoms with E-state index in [9.17, 15) is 0 Å². The molecule has 2 fully saturated rings. The fraction of sp³-hybridized carbons (Fsp3) is 0.0667. The normalized spacial score (nSPS) is 29.4. The van der Waals surface area contributed by atoms with E-state index in [4.69, 9.17) is 10.6 Å². The summed E-state index contributed by atoms with van der Waals surface area (Å²) in [5.74, 6) is 0. The second kappa shape index (κ2) is 4.27. The van der Waals surface area contributed by atoms with Gasteiger partial charge < -0.3 is 0 Å². The third-order valence-corrected chi connectivity index (χ3v) is 24.8. The van der Waals surface area contributed by atoms with Gasteiger partial charge in [0.1, 0.15) is 0 Å². The molecule has 26 aromatic carbocycles. The minimum atomic E-state index is -0.202. The van der Waals surface area contributed by atoms with E-state index >= 15 is 0 Å². The fourth-order valence-corrected chi connectivity index (χ4v) is 25.1. The van der Waals surface area contributed by atoms with E-state index in [1.165, 1.54) is 0 Å². The summed E-state index contributed by atoms with van der Waals surface area (Å²) in [5.41, 5.74) is 9.67. The van der Waals surface area contributed by atoms with Crippen molar-refractivity contribution in [2.45, 2.75) is 22.2 Å². The van der Waals surface area contributed by atoms with E-state index in [2.05, 4.69) is 0 Å². The summed E-state index contributed by atoms with van der Waals surface area (Å²) in [5, 5.41) is 93.7. The Morgan fingerprint density at radius 1 is 0.129 bits per heavy atom. The summed E-state index contributed by atoms with van der Waals surface area (Å²) in [6.07, 6.45) is 0. The summed E-state index contributed by atoms with van der Waals surface area (Å²) in [6, 6.07) is 0. The highest BCUT2D eigenvalue weighted by Gasteiger charge is 2.99.